The molecule has 0 fully saturated rings. The summed E-state index contributed by atoms with van der Waals surface area (Å²) in [6.07, 6.45) is 4.82. The lowest BCUT2D eigenvalue weighted by Gasteiger charge is -2.24. The van der Waals surface area contributed by atoms with E-state index in [2.05, 4.69) is 19.2 Å². The number of hydrogen-bond donors (Lipinski definition) is 2. The molecule has 1 atom stereocenters. The minimum Gasteiger partial charge on any atom is -0.481 e. The standard InChI is InChI=1S/C15H30N2O3/c1-4-13(3)12-17(5-2)15(20)16-11-9-7-6-8-10-14(18)19/h13H,4-12H2,1-3H3,(H,16,20)(H,18,19). The maximum absolute atomic E-state index is 11.9. The van der Waals surface area contributed by atoms with Crippen molar-refractivity contribution < 1.29 is 14.7 Å². The van der Waals surface area contributed by atoms with Crippen LogP contribution in [-0.2, 0) is 4.79 Å². The van der Waals surface area contributed by atoms with Gasteiger partial charge >= 0.3 is 12.0 Å². The van der Waals surface area contributed by atoms with Crippen molar-refractivity contribution in [1.29, 1.82) is 0 Å². The number of amides is 2. The van der Waals surface area contributed by atoms with Gasteiger partial charge in [0.15, 0.2) is 0 Å². The number of carbonyl (C=O) groups is 2. The van der Waals surface area contributed by atoms with Crippen molar-refractivity contribution in [2.45, 2.75) is 59.3 Å². The van der Waals surface area contributed by atoms with Crippen molar-refractivity contribution in [2.24, 2.45) is 5.92 Å². The summed E-state index contributed by atoms with van der Waals surface area (Å²) in [7, 11) is 0. The lowest BCUT2D eigenvalue weighted by Crippen LogP contribution is -2.42. The third kappa shape index (κ3) is 9.64. The second kappa shape index (κ2) is 11.6. The maximum atomic E-state index is 11.9. The summed E-state index contributed by atoms with van der Waals surface area (Å²) >= 11 is 0. The molecule has 0 saturated heterocycles. The number of carboxylic acids is 1. The predicted octanol–water partition coefficient (Wildman–Crippen LogP) is 3.10. The van der Waals surface area contributed by atoms with E-state index >= 15 is 0 Å². The summed E-state index contributed by atoms with van der Waals surface area (Å²) in [6.45, 7) is 8.48. The SMILES string of the molecule is CCC(C)CN(CC)C(=O)NCCCCCCC(=O)O. The largest absolute Gasteiger partial charge is 0.481 e. The van der Waals surface area contributed by atoms with Gasteiger partial charge in [-0.1, -0.05) is 33.1 Å². The number of nitrogens with one attached hydrogen (secondary N) is 1. The van der Waals surface area contributed by atoms with Crippen molar-refractivity contribution in [3.63, 3.8) is 0 Å². The molecular weight excluding hydrogens is 256 g/mol. The highest BCUT2D eigenvalue weighted by Gasteiger charge is 2.13. The monoisotopic (exact) mass is 286 g/mol. The first-order chi connectivity index (χ1) is 9.51. The Kier molecular flexibility index (Phi) is 10.8. The molecule has 0 saturated carbocycles. The van der Waals surface area contributed by atoms with Gasteiger partial charge in [0.1, 0.15) is 0 Å². The van der Waals surface area contributed by atoms with Crippen molar-refractivity contribution >= 4 is 12.0 Å². The van der Waals surface area contributed by atoms with Crippen LogP contribution in [0.5, 0.6) is 0 Å². The third-order valence-corrected chi connectivity index (χ3v) is 3.49. The van der Waals surface area contributed by atoms with Gasteiger partial charge in [0, 0.05) is 26.1 Å². The smallest absolute Gasteiger partial charge is 0.317 e. The first-order valence-electron chi connectivity index (χ1n) is 7.75. The minimum absolute atomic E-state index is 0.0123. The van der Waals surface area contributed by atoms with E-state index in [0.29, 0.717) is 12.5 Å². The van der Waals surface area contributed by atoms with E-state index in [1.165, 1.54) is 0 Å². The van der Waals surface area contributed by atoms with Crippen molar-refractivity contribution in [2.75, 3.05) is 19.6 Å². The maximum Gasteiger partial charge on any atom is 0.317 e. The molecule has 0 aliphatic carbocycles. The van der Waals surface area contributed by atoms with Crippen LogP contribution in [0, 0.1) is 5.92 Å². The number of urea groups is 1. The average Bonchev–Trinajstić information content (AvgIpc) is 2.42. The second-order valence-corrected chi connectivity index (χ2v) is 5.34. The lowest BCUT2D eigenvalue weighted by atomic mass is 10.1. The van der Waals surface area contributed by atoms with Crippen molar-refractivity contribution in [3.8, 4) is 0 Å². The fraction of sp³-hybridized carbons (Fsp3) is 0.867. The molecule has 2 N–H and O–H groups in total. The van der Waals surface area contributed by atoms with Crippen LogP contribution in [0.4, 0.5) is 4.79 Å². The van der Waals surface area contributed by atoms with Crippen molar-refractivity contribution in [1.82, 2.24) is 10.2 Å². The molecule has 5 heteroatoms. The van der Waals surface area contributed by atoms with Gasteiger partial charge in [0.25, 0.3) is 0 Å². The minimum atomic E-state index is -0.734. The summed E-state index contributed by atoms with van der Waals surface area (Å²) in [5.41, 5.74) is 0. The molecule has 0 aromatic carbocycles. The van der Waals surface area contributed by atoms with Gasteiger partial charge in [-0.25, -0.2) is 4.79 Å². The molecule has 0 aromatic rings. The molecule has 0 bridgehead atoms. The number of aliphatic carboxylic acids is 1. The van der Waals surface area contributed by atoms with E-state index in [9.17, 15) is 9.59 Å². The lowest BCUT2D eigenvalue weighted by molar-refractivity contribution is -0.137. The highest BCUT2D eigenvalue weighted by molar-refractivity contribution is 5.74. The fourth-order valence-corrected chi connectivity index (χ4v) is 1.92. The Hall–Kier alpha value is -1.26. The number of hydrogen-bond acceptors (Lipinski definition) is 2. The number of unbranched alkanes of at least 4 members (excludes halogenated alkanes) is 3. The summed E-state index contributed by atoms with van der Waals surface area (Å²) in [4.78, 5) is 24.1. The van der Waals surface area contributed by atoms with Crippen LogP contribution in [0.1, 0.15) is 59.3 Å². The molecule has 0 heterocycles. The Labute approximate surface area is 122 Å². The molecule has 0 radical (unpaired) electrons. The zero-order valence-electron chi connectivity index (χ0n) is 13.2. The number of rotatable bonds is 11. The molecule has 0 aliphatic rings. The summed E-state index contributed by atoms with van der Waals surface area (Å²) < 4.78 is 0. The Morgan fingerprint density at radius 1 is 1.15 bits per heavy atom. The Morgan fingerprint density at radius 3 is 2.35 bits per heavy atom. The average molecular weight is 286 g/mol. The van der Waals surface area contributed by atoms with E-state index < -0.39 is 5.97 Å². The summed E-state index contributed by atoms with van der Waals surface area (Å²) in [6, 6.07) is 0.0123. The van der Waals surface area contributed by atoms with E-state index in [4.69, 9.17) is 5.11 Å². The molecular formula is C15H30N2O3. The molecule has 2 amide bonds. The van der Waals surface area contributed by atoms with Crippen LogP contribution in [0.2, 0.25) is 0 Å². The number of carboxylic acid groups (broad SMARTS) is 1. The van der Waals surface area contributed by atoms with E-state index in [0.717, 1.165) is 45.2 Å². The number of carbonyl (C=O) groups excluding carboxylic acids is 1. The Bertz CT molecular complexity index is 282. The quantitative estimate of drug-likeness (QED) is 0.573. The van der Waals surface area contributed by atoms with Gasteiger partial charge in [-0.15, -0.1) is 0 Å². The molecule has 0 rings (SSSR count). The van der Waals surface area contributed by atoms with Gasteiger partial charge in [0.05, 0.1) is 0 Å². The van der Waals surface area contributed by atoms with Gasteiger partial charge < -0.3 is 15.3 Å². The normalized spacial score (nSPS) is 11.9. The van der Waals surface area contributed by atoms with Crippen LogP contribution in [0.25, 0.3) is 0 Å². The number of nitrogens with zero attached hydrogens (tertiary/aromatic N) is 1. The molecule has 118 valence electrons. The molecule has 0 spiro atoms. The summed E-state index contributed by atoms with van der Waals surface area (Å²) in [5.74, 6) is -0.210. The zero-order valence-corrected chi connectivity index (χ0v) is 13.2. The molecule has 5 nitrogen and oxygen atoms in total. The van der Waals surface area contributed by atoms with E-state index in [-0.39, 0.29) is 12.5 Å². The van der Waals surface area contributed by atoms with Crippen molar-refractivity contribution in [3.05, 3.63) is 0 Å². The van der Waals surface area contributed by atoms with Gasteiger partial charge in [-0.3, -0.25) is 4.79 Å². The van der Waals surface area contributed by atoms with Gasteiger partial charge in [0.2, 0.25) is 0 Å². The predicted molar refractivity (Wildman–Crippen MR) is 80.8 cm³/mol. The molecule has 1 unspecified atom stereocenters. The first-order valence-corrected chi connectivity index (χ1v) is 7.75. The second-order valence-electron chi connectivity index (χ2n) is 5.34. The molecule has 0 aromatic heterocycles. The Morgan fingerprint density at radius 2 is 1.80 bits per heavy atom. The van der Waals surface area contributed by atoms with Crippen LogP contribution < -0.4 is 5.32 Å². The van der Waals surface area contributed by atoms with E-state index in [1.807, 2.05) is 11.8 Å². The van der Waals surface area contributed by atoms with E-state index in [1.54, 1.807) is 0 Å². The van der Waals surface area contributed by atoms with Crippen LogP contribution in [0.3, 0.4) is 0 Å². The highest BCUT2D eigenvalue weighted by Crippen LogP contribution is 2.05. The topological polar surface area (TPSA) is 69.6 Å². The van der Waals surface area contributed by atoms with Gasteiger partial charge in [-0.2, -0.15) is 0 Å². The Balaban J connectivity index is 3.67. The first kappa shape index (κ1) is 18.7. The zero-order chi connectivity index (χ0) is 15.4. The molecule has 0 aliphatic heterocycles. The van der Waals surface area contributed by atoms with Gasteiger partial charge in [-0.05, 0) is 25.7 Å². The van der Waals surface area contributed by atoms with Crippen LogP contribution in [0.15, 0.2) is 0 Å². The highest BCUT2D eigenvalue weighted by atomic mass is 16.4. The third-order valence-electron chi connectivity index (χ3n) is 3.49. The van der Waals surface area contributed by atoms with Crippen LogP contribution in [-0.4, -0.2) is 41.6 Å². The molecule has 20 heavy (non-hydrogen) atoms. The fourth-order valence-electron chi connectivity index (χ4n) is 1.92. The van der Waals surface area contributed by atoms with Crippen LogP contribution >= 0.6 is 0 Å². The summed E-state index contributed by atoms with van der Waals surface area (Å²) in [5, 5.41) is 11.4.